The predicted molar refractivity (Wildman–Crippen MR) is 62.6 cm³/mol. The van der Waals surface area contributed by atoms with Crippen LogP contribution in [-0.2, 0) is 4.74 Å². The van der Waals surface area contributed by atoms with Gasteiger partial charge in [0.15, 0.2) is 0 Å². The van der Waals surface area contributed by atoms with Gasteiger partial charge in [-0.15, -0.1) is 0 Å². The number of alkyl halides is 2. The Kier molecular flexibility index (Phi) is 4.57. The van der Waals surface area contributed by atoms with Gasteiger partial charge in [-0.2, -0.15) is 0 Å². The van der Waals surface area contributed by atoms with Crippen LogP contribution in [0.4, 0.5) is 8.78 Å². The largest absolute Gasteiger partial charge is 0.462 e. The van der Waals surface area contributed by atoms with E-state index in [4.69, 9.17) is 4.74 Å². The number of hydrogen-bond donors (Lipinski definition) is 0. The number of carbonyl (C=O) groups is 1. The lowest BCUT2D eigenvalue weighted by Gasteiger charge is -2.08. The second-order valence-electron chi connectivity index (χ2n) is 3.02. The quantitative estimate of drug-likeness (QED) is 0.627. The molecule has 0 atom stereocenters. The van der Waals surface area contributed by atoms with E-state index in [1.54, 1.807) is 13.8 Å². The highest BCUT2D eigenvalue weighted by atomic mass is 127. The number of ether oxygens (including phenoxy) is 1. The number of aryl methyl sites for hydroxylation is 1. The van der Waals surface area contributed by atoms with Crippen LogP contribution in [0.25, 0.3) is 0 Å². The molecule has 3 nitrogen and oxygen atoms in total. The molecule has 0 unspecified atom stereocenters. The molecule has 1 aromatic heterocycles. The fourth-order valence-electron chi connectivity index (χ4n) is 1.15. The number of hydrogen-bond acceptors (Lipinski definition) is 3. The number of pyridine rings is 1. The van der Waals surface area contributed by atoms with Gasteiger partial charge in [-0.3, -0.25) is 4.98 Å². The lowest BCUT2D eigenvalue weighted by molar-refractivity contribution is 0.0524. The Labute approximate surface area is 105 Å². The lowest BCUT2D eigenvalue weighted by Crippen LogP contribution is -2.10. The molecule has 0 N–H and O–H groups in total. The van der Waals surface area contributed by atoms with Crippen molar-refractivity contribution in [1.82, 2.24) is 4.98 Å². The first-order chi connectivity index (χ1) is 7.47. The molecule has 1 heterocycles. The summed E-state index contributed by atoms with van der Waals surface area (Å²) in [5, 5.41) is 0. The third-order valence-electron chi connectivity index (χ3n) is 1.86. The molecule has 0 aliphatic rings. The average Bonchev–Trinajstić information content (AvgIpc) is 2.21. The van der Waals surface area contributed by atoms with Crippen LogP contribution in [0.15, 0.2) is 6.07 Å². The van der Waals surface area contributed by atoms with Gasteiger partial charge in [0.05, 0.1) is 17.9 Å². The van der Waals surface area contributed by atoms with Gasteiger partial charge < -0.3 is 4.74 Å². The Morgan fingerprint density at radius 2 is 2.25 bits per heavy atom. The summed E-state index contributed by atoms with van der Waals surface area (Å²) in [6.07, 6.45) is -2.69. The van der Waals surface area contributed by atoms with E-state index in [9.17, 15) is 13.6 Å². The van der Waals surface area contributed by atoms with Crippen LogP contribution >= 0.6 is 22.6 Å². The zero-order valence-electron chi connectivity index (χ0n) is 8.76. The van der Waals surface area contributed by atoms with Gasteiger partial charge in [-0.1, -0.05) is 0 Å². The van der Waals surface area contributed by atoms with Crippen LogP contribution in [0.3, 0.4) is 0 Å². The molecule has 16 heavy (non-hydrogen) atoms. The molecule has 0 amide bonds. The molecule has 0 aromatic carbocycles. The zero-order chi connectivity index (χ0) is 12.3. The maximum atomic E-state index is 12.5. The summed E-state index contributed by atoms with van der Waals surface area (Å²) < 4.78 is 30.3. The maximum Gasteiger partial charge on any atom is 0.339 e. The third kappa shape index (κ3) is 2.87. The number of halogens is 3. The third-order valence-corrected chi connectivity index (χ3v) is 3.22. The maximum absolute atomic E-state index is 12.5. The van der Waals surface area contributed by atoms with Gasteiger partial charge in [0.1, 0.15) is 5.69 Å². The zero-order valence-corrected chi connectivity index (χ0v) is 10.9. The summed E-state index contributed by atoms with van der Waals surface area (Å²) in [6, 6.07) is 1.08. The number of carbonyl (C=O) groups excluding carboxylic acids is 1. The summed E-state index contributed by atoms with van der Waals surface area (Å²) in [5.41, 5.74) is 0.146. The van der Waals surface area contributed by atoms with E-state index in [0.717, 1.165) is 6.07 Å². The topological polar surface area (TPSA) is 39.2 Å². The second-order valence-corrected chi connectivity index (χ2v) is 4.09. The molecule has 0 saturated carbocycles. The average molecular weight is 341 g/mol. The number of rotatable bonds is 3. The molecular formula is C10H10F2INO2. The molecule has 0 spiro atoms. The minimum Gasteiger partial charge on any atom is -0.462 e. The minimum absolute atomic E-state index is 0.144. The van der Waals surface area contributed by atoms with Gasteiger partial charge in [0, 0.05) is 3.57 Å². The SMILES string of the molecule is CCOC(=O)c1cc(C(F)F)nc(C)c1I. The molecular weight excluding hydrogens is 331 g/mol. The summed E-state index contributed by atoms with van der Waals surface area (Å²) >= 11 is 1.89. The van der Waals surface area contributed by atoms with Crippen molar-refractivity contribution in [3.05, 3.63) is 26.6 Å². The van der Waals surface area contributed by atoms with E-state index in [1.807, 2.05) is 22.6 Å². The van der Waals surface area contributed by atoms with E-state index in [-0.39, 0.29) is 12.2 Å². The van der Waals surface area contributed by atoms with Crippen molar-refractivity contribution in [2.24, 2.45) is 0 Å². The van der Waals surface area contributed by atoms with Gasteiger partial charge in [0.2, 0.25) is 0 Å². The minimum atomic E-state index is -2.69. The predicted octanol–water partition coefficient (Wildman–Crippen LogP) is 3.11. The van der Waals surface area contributed by atoms with Crippen LogP contribution in [0.1, 0.15) is 35.1 Å². The molecule has 0 bridgehead atoms. The Balaban J connectivity index is 3.21. The lowest BCUT2D eigenvalue weighted by atomic mass is 10.2. The van der Waals surface area contributed by atoms with Crippen molar-refractivity contribution in [3.8, 4) is 0 Å². The highest BCUT2D eigenvalue weighted by molar-refractivity contribution is 14.1. The normalized spacial score (nSPS) is 10.6. The second kappa shape index (κ2) is 5.51. The van der Waals surface area contributed by atoms with Crippen LogP contribution in [0.5, 0.6) is 0 Å². The van der Waals surface area contributed by atoms with Crippen molar-refractivity contribution < 1.29 is 18.3 Å². The first kappa shape index (κ1) is 13.3. The first-order valence-electron chi connectivity index (χ1n) is 4.59. The fourth-order valence-corrected chi connectivity index (χ4v) is 1.65. The summed E-state index contributed by atoms with van der Waals surface area (Å²) in [7, 11) is 0. The van der Waals surface area contributed by atoms with Crippen molar-refractivity contribution >= 4 is 28.6 Å². The van der Waals surface area contributed by atoms with E-state index in [1.165, 1.54) is 0 Å². The highest BCUT2D eigenvalue weighted by Crippen LogP contribution is 2.23. The van der Waals surface area contributed by atoms with E-state index < -0.39 is 18.1 Å². The molecule has 1 aromatic rings. The van der Waals surface area contributed by atoms with Gasteiger partial charge >= 0.3 is 5.97 Å². The van der Waals surface area contributed by atoms with Crippen LogP contribution < -0.4 is 0 Å². The molecule has 1 rings (SSSR count). The van der Waals surface area contributed by atoms with Gasteiger partial charge in [-0.05, 0) is 42.5 Å². The monoisotopic (exact) mass is 341 g/mol. The Hall–Kier alpha value is -0.790. The fraction of sp³-hybridized carbons (Fsp3) is 0.400. The molecule has 0 aliphatic carbocycles. The number of esters is 1. The van der Waals surface area contributed by atoms with Crippen LogP contribution in [-0.4, -0.2) is 17.6 Å². The first-order valence-corrected chi connectivity index (χ1v) is 5.67. The van der Waals surface area contributed by atoms with Crippen molar-refractivity contribution in [1.29, 1.82) is 0 Å². The number of nitrogens with zero attached hydrogens (tertiary/aromatic N) is 1. The van der Waals surface area contributed by atoms with Crippen LogP contribution in [0, 0.1) is 10.5 Å². The van der Waals surface area contributed by atoms with E-state index in [0.29, 0.717) is 9.26 Å². The Morgan fingerprint density at radius 1 is 1.62 bits per heavy atom. The summed E-state index contributed by atoms with van der Waals surface area (Å²) in [4.78, 5) is 15.2. The standard InChI is InChI=1S/C10H10F2INO2/c1-3-16-10(15)6-4-7(9(11)12)14-5(2)8(6)13/h4,9H,3H2,1-2H3. The van der Waals surface area contributed by atoms with Crippen molar-refractivity contribution in [2.45, 2.75) is 20.3 Å². The summed E-state index contributed by atoms with van der Waals surface area (Å²) in [6.45, 7) is 3.45. The smallest absolute Gasteiger partial charge is 0.339 e. The molecule has 0 aliphatic heterocycles. The Morgan fingerprint density at radius 3 is 2.75 bits per heavy atom. The summed E-state index contributed by atoms with van der Waals surface area (Å²) in [5.74, 6) is -0.598. The number of aromatic nitrogens is 1. The molecule has 88 valence electrons. The molecule has 0 fully saturated rings. The van der Waals surface area contributed by atoms with Crippen molar-refractivity contribution in [3.63, 3.8) is 0 Å². The Bertz CT molecular complexity index is 410. The molecule has 0 saturated heterocycles. The van der Waals surface area contributed by atoms with Crippen LogP contribution in [0.2, 0.25) is 0 Å². The van der Waals surface area contributed by atoms with Gasteiger partial charge in [-0.25, -0.2) is 13.6 Å². The van der Waals surface area contributed by atoms with Crippen molar-refractivity contribution in [2.75, 3.05) is 6.61 Å². The highest BCUT2D eigenvalue weighted by Gasteiger charge is 2.19. The molecule has 0 radical (unpaired) electrons. The van der Waals surface area contributed by atoms with E-state index in [2.05, 4.69) is 4.98 Å². The molecule has 6 heteroatoms. The van der Waals surface area contributed by atoms with Gasteiger partial charge in [0.25, 0.3) is 6.43 Å². The van der Waals surface area contributed by atoms with E-state index >= 15 is 0 Å².